The van der Waals surface area contributed by atoms with Crippen molar-refractivity contribution in [2.24, 2.45) is 0 Å². The molecule has 9 heteroatoms. The summed E-state index contributed by atoms with van der Waals surface area (Å²) in [5.74, 6) is -0.556. The molecule has 184 valence electrons. The Morgan fingerprint density at radius 2 is 1.63 bits per heavy atom. The molecule has 0 saturated heterocycles. The van der Waals surface area contributed by atoms with Gasteiger partial charge >= 0.3 is 10.1 Å². The monoisotopic (exact) mass is 514 g/mol. The third-order valence-corrected chi connectivity index (χ3v) is 6.97. The Hall–Kier alpha value is -3.36. The first-order valence-corrected chi connectivity index (χ1v) is 12.8. The maximum atomic E-state index is 12.9. The maximum Gasteiger partial charge on any atom is 0.339 e. The number of nitrogens with one attached hydrogen (secondary N) is 1. The van der Waals surface area contributed by atoms with E-state index in [0.29, 0.717) is 29.2 Å². The first-order valence-electron chi connectivity index (χ1n) is 11.0. The summed E-state index contributed by atoms with van der Waals surface area (Å²) >= 11 is 5.87. The van der Waals surface area contributed by atoms with E-state index in [0.717, 1.165) is 11.1 Å². The SMILES string of the molecule is CCN(CC(=O)NCc1ccc(Cl)cc1)C(=O)c1ccc(OS(=O)(=O)c2cc(C)ccc2C)cc1. The molecular formula is C26H27ClN2O5S. The molecule has 35 heavy (non-hydrogen) atoms. The van der Waals surface area contributed by atoms with Crippen LogP contribution in [0.1, 0.15) is 34.0 Å². The van der Waals surface area contributed by atoms with Crippen molar-refractivity contribution in [2.45, 2.75) is 32.2 Å². The normalized spacial score (nSPS) is 11.1. The molecule has 2 amide bonds. The molecule has 0 radical (unpaired) electrons. The van der Waals surface area contributed by atoms with Gasteiger partial charge in [-0.3, -0.25) is 9.59 Å². The molecule has 0 unspecified atom stereocenters. The molecule has 3 aromatic carbocycles. The highest BCUT2D eigenvalue weighted by Gasteiger charge is 2.21. The predicted molar refractivity (Wildman–Crippen MR) is 135 cm³/mol. The van der Waals surface area contributed by atoms with Gasteiger partial charge in [-0.25, -0.2) is 0 Å². The van der Waals surface area contributed by atoms with Crippen molar-refractivity contribution in [1.29, 1.82) is 0 Å². The van der Waals surface area contributed by atoms with Crippen molar-refractivity contribution < 1.29 is 22.2 Å². The number of benzene rings is 3. The van der Waals surface area contributed by atoms with Crippen LogP contribution in [0, 0.1) is 13.8 Å². The Kier molecular flexibility index (Phi) is 8.53. The highest BCUT2D eigenvalue weighted by atomic mass is 35.5. The molecule has 0 aliphatic heterocycles. The minimum Gasteiger partial charge on any atom is -0.379 e. The number of aryl methyl sites for hydroxylation is 2. The summed E-state index contributed by atoms with van der Waals surface area (Å²) in [5.41, 5.74) is 2.59. The van der Waals surface area contributed by atoms with Gasteiger partial charge in [0.05, 0.1) is 6.54 Å². The number of hydrogen-bond acceptors (Lipinski definition) is 5. The highest BCUT2D eigenvalue weighted by Crippen LogP contribution is 2.23. The predicted octanol–water partition coefficient (Wildman–Crippen LogP) is 4.50. The Balaban J connectivity index is 1.62. The number of halogens is 1. The molecule has 0 aromatic heterocycles. The first kappa shape index (κ1) is 26.2. The van der Waals surface area contributed by atoms with Crippen molar-refractivity contribution in [3.05, 3.63) is 94.0 Å². The zero-order valence-corrected chi connectivity index (χ0v) is 21.3. The van der Waals surface area contributed by atoms with Gasteiger partial charge in [0.15, 0.2) is 0 Å². The fraction of sp³-hybridized carbons (Fsp3) is 0.231. The second kappa shape index (κ2) is 11.4. The third-order valence-electron chi connectivity index (χ3n) is 5.33. The number of nitrogens with zero attached hydrogens (tertiary/aromatic N) is 1. The van der Waals surface area contributed by atoms with Crippen LogP contribution in [0.25, 0.3) is 0 Å². The zero-order chi connectivity index (χ0) is 25.6. The van der Waals surface area contributed by atoms with Gasteiger partial charge < -0.3 is 14.4 Å². The van der Waals surface area contributed by atoms with E-state index < -0.39 is 10.1 Å². The lowest BCUT2D eigenvalue weighted by atomic mass is 10.2. The van der Waals surface area contributed by atoms with Gasteiger partial charge in [0.25, 0.3) is 5.91 Å². The van der Waals surface area contributed by atoms with Crippen LogP contribution in [0.5, 0.6) is 5.75 Å². The summed E-state index contributed by atoms with van der Waals surface area (Å²) in [4.78, 5) is 26.8. The number of amides is 2. The van der Waals surface area contributed by atoms with Crippen LogP contribution in [0.2, 0.25) is 5.02 Å². The maximum absolute atomic E-state index is 12.9. The van der Waals surface area contributed by atoms with Crippen LogP contribution in [-0.2, 0) is 21.5 Å². The van der Waals surface area contributed by atoms with Crippen LogP contribution in [-0.4, -0.2) is 38.2 Å². The molecule has 0 aliphatic rings. The third kappa shape index (κ3) is 7.07. The average Bonchev–Trinajstić information content (AvgIpc) is 2.83. The lowest BCUT2D eigenvalue weighted by molar-refractivity contribution is -0.121. The molecule has 0 atom stereocenters. The molecule has 0 aliphatic carbocycles. The minimum atomic E-state index is -4.02. The Morgan fingerprint density at radius 3 is 2.26 bits per heavy atom. The van der Waals surface area contributed by atoms with E-state index >= 15 is 0 Å². The molecule has 0 saturated carbocycles. The van der Waals surface area contributed by atoms with Gasteiger partial charge in [-0.2, -0.15) is 8.42 Å². The molecule has 0 fully saturated rings. The standard InChI is InChI=1S/C26H27ClN2O5S/c1-4-29(17-25(30)28-16-20-7-11-22(27)12-8-20)26(31)21-9-13-23(14-10-21)34-35(32,33)24-15-18(2)5-6-19(24)3/h5-15H,4,16-17H2,1-3H3,(H,28,30). The van der Waals surface area contributed by atoms with Crippen molar-refractivity contribution in [1.82, 2.24) is 10.2 Å². The van der Waals surface area contributed by atoms with Crippen molar-refractivity contribution in [2.75, 3.05) is 13.1 Å². The summed E-state index contributed by atoms with van der Waals surface area (Å²) < 4.78 is 30.7. The van der Waals surface area contributed by atoms with Crippen LogP contribution in [0.3, 0.4) is 0 Å². The molecular weight excluding hydrogens is 488 g/mol. The van der Waals surface area contributed by atoms with E-state index in [2.05, 4.69) is 5.32 Å². The van der Waals surface area contributed by atoms with Gasteiger partial charge in [-0.15, -0.1) is 0 Å². The summed E-state index contributed by atoms with van der Waals surface area (Å²) in [5, 5.41) is 3.40. The topological polar surface area (TPSA) is 92.8 Å². The van der Waals surface area contributed by atoms with Crippen LogP contribution < -0.4 is 9.50 Å². The van der Waals surface area contributed by atoms with Gasteiger partial charge in [-0.05, 0) is 79.9 Å². The lowest BCUT2D eigenvalue weighted by Gasteiger charge is -2.20. The molecule has 3 aromatic rings. The number of carbonyl (C=O) groups is 2. The second-order valence-electron chi connectivity index (χ2n) is 8.05. The Labute approximate surface area is 210 Å². The summed E-state index contributed by atoms with van der Waals surface area (Å²) in [6.07, 6.45) is 0. The molecule has 1 N–H and O–H groups in total. The molecule has 7 nitrogen and oxygen atoms in total. The van der Waals surface area contributed by atoms with Gasteiger partial charge in [-0.1, -0.05) is 35.9 Å². The van der Waals surface area contributed by atoms with Crippen LogP contribution >= 0.6 is 11.6 Å². The van der Waals surface area contributed by atoms with Crippen LogP contribution in [0.15, 0.2) is 71.6 Å². The lowest BCUT2D eigenvalue weighted by Crippen LogP contribution is -2.40. The zero-order valence-electron chi connectivity index (χ0n) is 19.7. The molecule has 0 heterocycles. The fourth-order valence-corrected chi connectivity index (χ4v) is 4.72. The quantitative estimate of drug-likeness (QED) is 0.424. The van der Waals surface area contributed by atoms with E-state index in [1.165, 1.54) is 29.2 Å². The van der Waals surface area contributed by atoms with Gasteiger partial charge in [0.1, 0.15) is 10.6 Å². The smallest absolute Gasteiger partial charge is 0.339 e. The van der Waals surface area contributed by atoms with E-state index in [1.54, 1.807) is 45.0 Å². The first-order chi connectivity index (χ1) is 16.6. The summed E-state index contributed by atoms with van der Waals surface area (Å²) in [6, 6.07) is 18.0. The van der Waals surface area contributed by atoms with Crippen LogP contribution in [0.4, 0.5) is 0 Å². The molecule has 0 bridgehead atoms. The van der Waals surface area contributed by atoms with E-state index in [1.807, 2.05) is 18.2 Å². The van der Waals surface area contributed by atoms with Gasteiger partial charge in [0.2, 0.25) is 5.91 Å². The van der Waals surface area contributed by atoms with Crippen molar-refractivity contribution >= 4 is 33.5 Å². The molecule has 3 rings (SSSR count). The number of hydrogen-bond donors (Lipinski definition) is 1. The number of rotatable bonds is 9. The fourth-order valence-electron chi connectivity index (χ4n) is 3.34. The average molecular weight is 515 g/mol. The largest absolute Gasteiger partial charge is 0.379 e. The highest BCUT2D eigenvalue weighted by molar-refractivity contribution is 7.87. The van der Waals surface area contributed by atoms with Gasteiger partial charge in [0, 0.05) is 23.7 Å². The minimum absolute atomic E-state index is 0.0891. The molecule has 0 spiro atoms. The van der Waals surface area contributed by atoms with E-state index in [-0.39, 0.29) is 29.0 Å². The van der Waals surface area contributed by atoms with Crippen molar-refractivity contribution in [3.8, 4) is 5.75 Å². The Morgan fingerprint density at radius 1 is 0.971 bits per heavy atom. The second-order valence-corrected chi connectivity index (χ2v) is 10.0. The van der Waals surface area contributed by atoms with E-state index in [4.69, 9.17) is 15.8 Å². The number of likely N-dealkylation sites (N-methyl/N-ethyl adjacent to an activating group) is 1. The van der Waals surface area contributed by atoms with Crippen molar-refractivity contribution in [3.63, 3.8) is 0 Å². The number of carbonyl (C=O) groups excluding carboxylic acids is 2. The van der Waals surface area contributed by atoms with E-state index in [9.17, 15) is 18.0 Å². The summed E-state index contributed by atoms with van der Waals surface area (Å²) in [6.45, 7) is 5.81. The summed E-state index contributed by atoms with van der Waals surface area (Å²) in [7, 11) is -4.02. The Bertz CT molecular complexity index is 1310.